The van der Waals surface area contributed by atoms with Crippen molar-refractivity contribution < 1.29 is 0 Å². The quantitative estimate of drug-likeness (QED) is 0.189. The zero-order valence-corrected chi connectivity index (χ0v) is 22.2. The van der Waals surface area contributed by atoms with E-state index in [1.807, 2.05) is 13.1 Å². The van der Waals surface area contributed by atoms with E-state index in [1.165, 1.54) is 66.6 Å². The van der Waals surface area contributed by atoms with Crippen LogP contribution in [0.5, 0.6) is 0 Å². The highest BCUT2D eigenvalue weighted by Crippen LogP contribution is 2.36. The highest BCUT2D eigenvalue weighted by Gasteiger charge is 2.13. The highest BCUT2D eigenvalue weighted by molar-refractivity contribution is 5.78. The molecule has 2 heteroatoms. The van der Waals surface area contributed by atoms with Crippen molar-refractivity contribution in [2.45, 2.75) is 72.1 Å². The van der Waals surface area contributed by atoms with Gasteiger partial charge in [0.25, 0.3) is 0 Å². The zero-order valence-electron chi connectivity index (χ0n) is 22.2. The summed E-state index contributed by atoms with van der Waals surface area (Å²) in [6, 6.07) is 31.3. The SMILES string of the molecule is CCCCCc1ccc(N(c2ccc(CCCCC)cc2)c2ccc(-c3ccc(C)nc3)cc2)cc1. The third-order valence-corrected chi connectivity index (χ3v) is 6.90. The van der Waals surface area contributed by atoms with Crippen LogP contribution in [-0.4, -0.2) is 4.98 Å². The van der Waals surface area contributed by atoms with Crippen LogP contribution in [0.1, 0.15) is 69.2 Å². The Morgan fingerprint density at radius 1 is 0.528 bits per heavy atom. The molecule has 0 radical (unpaired) electrons. The van der Waals surface area contributed by atoms with Gasteiger partial charge in [-0.05, 0) is 91.8 Å². The Kier molecular flexibility index (Phi) is 9.33. The summed E-state index contributed by atoms with van der Waals surface area (Å²) in [6.07, 6.45) is 11.9. The van der Waals surface area contributed by atoms with Crippen LogP contribution in [0, 0.1) is 6.92 Å². The molecule has 0 aliphatic rings. The van der Waals surface area contributed by atoms with Gasteiger partial charge in [-0.1, -0.05) is 82.0 Å². The lowest BCUT2D eigenvalue weighted by Gasteiger charge is -2.26. The first-order valence-corrected chi connectivity index (χ1v) is 13.7. The molecule has 1 heterocycles. The van der Waals surface area contributed by atoms with Crippen LogP contribution in [0.15, 0.2) is 91.1 Å². The molecule has 0 aliphatic carbocycles. The van der Waals surface area contributed by atoms with Crippen LogP contribution in [0.2, 0.25) is 0 Å². The molecular formula is C34H40N2. The summed E-state index contributed by atoms with van der Waals surface area (Å²) < 4.78 is 0. The van der Waals surface area contributed by atoms with Crippen LogP contribution < -0.4 is 4.90 Å². The fraction of sp³-hybridized carbons (Fsp3) is 0.324. The molecule has 0 spiro atoms. The normalized spacial score (nSPS) is 11.0. The molecule has 0 fully saturated rings. The Morgan fingerprint density at radius 3 is 1.39 bits per heavy atom. The molecule has 0 saturated carbocycles. The van der Waals surface area contributed by atoms with Crippen molar-refractivity contribution in [3.63, 3.8) is 0 Å². The Labute approximate surface area is 218 Å². The lowest BCUT2D eigenvalue weighted by atomic mass is 10.0. The van der Waals surface area contributed by atoms with E-state index in [0.717, 1.165) is 29.8 Å². The topological polar surface area (TPSA) is 16.1 Å². The Hall–Kier alpha value is -3.39. The van der Waals surface area contributed by atoms with Crippen LogP contribution >= 0.6 is 0 Å². The molecule has 3 aromatic carbocycles. The highest BCUT2D eigenvalue weighted by atomic mass is 15.1. The van der Waals surface area contributed by atoms with Gasteiger partial charge in [0.15, 0.2) is 0 Å². The minimum atomic E-state index is 1.04. The summed E-state index contributed by atoms with van der Waals surface area (Å²) in [6.45, 7) is 6.54. The molecule has 4 rings (SSSR count). The van der Waals surface area contributed by atoms with Crippen LogP contribution in [0.3, 0.4) is 0 Å². The number of rotatable bonds is 12. The minimum absolute atomic E-state index is 1.04. The van der Waals surface area contributed by atoms with E-state index in [-0.39, 0.29) is 0 Å². The van der Waals surface area contributed by atoms with Crippen molar-refractivity contribution in [1.82, 2.24) is 4.98 Å². The lowest BCUT2D eigenvalue weighted by Crippen LogP contribution is -2.10. The van der Waals surface area contributed by atoms with E-state index in [0.29, 0.717) is 0 Å². The second-order valence-corrected chi connectivity index (χ2v) is 9.82. The molecule has 0 bridgehead atoms. The van der Waals surface area contributed by atoms with Crippen molar-refractivity contribution in [1.29, 1.82) is 0 Å². The summed E-state index contributed by atoms with van der Waals surface area (Å²) in [4.78, 5) is 6.83. The first kappa shape index (κ1) is 25.7. The average Bonchev–Trinajstić information content (AvgIpc) is 2.92. The predicted molar refractivity (Wildman–Crippen MR) is 156 cm³/mol. The smallest absolute Gasteiger partial charge is 0.0462 e. The summed E-state index contributed by atoms with van der Waals surface area (Å²) in [5, 5.41) is 0. The number of anilines is 3. The van der Waals surface area contributed by atoms with Gasteiger partial charge >= 0.3 is 0 Å². The molecule has 0 saturated heterocycles. The van der Waals surface area contributed by atoms with Crippen molar-refractivity contribution >= 4 is 17.1 Å². The first-order chi connectivity index (χ1) is 17.7. The number of nitrogens with zero attached hydrogens (tertiary/aromatic N) is 2. The van der Waals surface area contributed by atoms with E-state index in [4.69, 9.17) is 0 Å². The fourth-order valence-corrected chi connectivity index (χ4v) is 4.67. The van der Waals surface area contributed by atoms with Gasteiger partial charge in [0.05, 0.1) is 0 Å². The van der Waals surface area contributed by atoms with E-state index in [2.05, 4.69) is 109 Å². The molecular weight excluding hydrogens is 436 g/mol. The predicted octanol–water partition coefficient (Wildman–Crippen LogP) is 9.99. The first-order valence-electron chi connectivity index (χ1n) is 13.7. The van der Waals surface area contributed by atoms with Crippen molar-refractivity contribution in [3.05, 3.63) is 108 Å². The van der Waals surface area contributed by atoms with E-state index < -0.39 is 0 Å². The van der Waals surface area contributed by atoms with Crippen molar-refractivity contribution in [2.24, 2.45) is 0 Å². The van der Waals surface area contributed by atoms with Crippen LogP contribution in [0.25, 0.3) is 11.1 Å². The minimum Gasteiger partial charge on any atom is -0.311 e. The third-order valence-electron chi connectivity index (χ3n) is 6.90. The van der Waals surface area contributed by atoms with E-state index >= 15 is 0 Å². The molecule has 2 nitrogen and oxygen atoms in total. The standard InChI is InChI=1S/C34H40N2/c1-4-6-8-10-28-13-20-32(21-14-28)36(33-22-15-29(16-23-33)11-9-7-5-2)34-24-18-30(19-25-34)31-17-12-27(3)35-26-31/h12-26H,4-11H2,1-3H3. The fourth-order valence-electron chi connectivity index (χ4n) is 4.67. The average molecular weight is 477 g/mol. The van der Waals surface area contributed by atoms with Gasteiger partial charge in [-0.3, -0.25) is 4.98 Å². The van der Waals surface area contributed by atoms with Gasteiger partial charge in [0.1, 0.15) is 0 Å². The summed E-state index contributed by atoms with van der Waals surface area (Å²) >= 11 is 0. The second kappa shape index (κ2) is 13.1. The van der Waals surface area contributed by atoms with Gasteiger partial charge in [0, 0.05) is 34.5 Å². The molecule has 1 aromatic heterocycles. The van der Waals surface area contributed by atoms with Gasteiger partial charge in [-0.25, -0.2) is 0 Å². The number of benzene rings is 3. The van der Waals surface area contributed by atoms with Crippen LogP contribution in [-0.2, 0) is 12.8 Å². The maximum atomic E-state index is 4.47. The number of hydrogen-bond donors (Lipinski definition) is 0. The zero-order chi connectivity index (χ0) is 25.2. The van der Waals surface area contributed by atoms with Gasteiger partial charge in [-0.2, -0.15) is 0 Å². The lowest BCUT2D eigenvalue weighted by molar-refractivity contribution is 0.717. The maximum absolute atomic E-state index is 4.47. The molecule has 0 N–H and O–H groups in total. The summed E-state index contributed by atoms with van der Waals surface area (Å²) in [5.74, 6) is 0. The molecule has 0 unspecified atom stereocenters. The van der Waals surface area contributed by atoms with E-state index in [9.17, 15) is 0 Å². The van der Waals surface area contributed by atoms with Gasteiger partial charge in [0.2, 0.25) is 0 Å². The number of aromatic nitrogens is 1. The Bertz CT molecular complexity index is 1120. The van der Waals surface area contributed by atoms with Gasteiger partial charge < -0.3 is 4.90 Å². The Morgan fingerprint density at radius 2 is 0.972 bits per heavy atom. The summed E-state index contributed by atoms with van der Waals surface area (Å²) in [5.41, 5.74) is 9.75. The van der Waals surface area contributed by atoms with Crippen molar-refractivity contribution in [3.8, 4) is 11.1 Å². The molecule has 36 heavy (non-hydrogen) atoms. The second-order valence-electron chi connectivity index (χ2n) is 9.82. The molecule has 4 aromatic rings. The molecule has 0 atom stereocenters. The number of aryl methyl sites for hydroxylation is 3. The third kappa shape index (κ3) is 6.85. The molecule has 0 aliphatic heterocycles. The largest absolute Gasteiger partial charge is 0.311 e. The van der Waals surface area contributed by atoms with Crippen molar-refractivity contribution in [2.75, 3.05) is 4.90 Å². The number of hydrogen-bond acceptors (Lipinski definition) is 2. The number of unbranched alkanes of at least 4 members (excludes halogenated alkanes) is 4. The maximum Gasteiger partial charge on any atom is 0.0462 e. The summed E-state index contributed by atoms with van der Waals surface area (Å²) in [7, 11) is 0. The molecule has 0 amide bonds. The monoisotopic (exact) mass is 476 g/mol. The van der Waals surface area contributed by atoms with E-state index in [1.54, 1.807) is 0 Å². The van der Waals surface area contributed by atoms with Gasteiger partial charge in [-0.15, -0.1) is 0 Å². The van der Waals surface area contributed by atoms with Crippen LogP contribution in [0.4, 0.5) is 17.1 Å². The Balaban J connectivity index is 1.62. The number of pyridine rings is 1. The molecule has 186 valence electrons.